The summed E-state index contributed by atoms with van der Waals surface area (Å²) in [5.74, 6) is 0.564. The van der Waals surface area contributed by atoms with Crippen molar-refractivity contribution in [2.24, 2.45) is 5.92 Å². The second-order valence-electron chi connectivity index (χ2n) is 6.24. The van der Waals surface area contributed by atoms with Crippen LogP contribution in [0.3, 0.4) is 0 Å². The molecule has 0 aromatic heterocycles. The molecule has 4 nitrogen and oxygen atoms in total. The Balaban J connectivity index is 1.72. The van der Waals surface area contributed by atoms with Crippen LogP contribution in [0.5, 0.6) is 0 Å². The van der Waals surface area contributed by atoms with Crippen molar-refractivity contribution >= 4 is 5.91 Å². The summed E-state index contributed by atoms with van der Waals surface area (Å²) in [7, 11) is 0. The quantitative estimate of drug-likeness (QED) is 0.754. The molecule has 1 saturated heterocycles. The zero-order chi connectivity index (χ0) is 14.4. The van der Waals surface area contributed by atoms with Gasteiger partial charge in [-0.05, 0) is 26.2 Å². The number of aliphatic hydroxyl groups excluding tert-OH is 1. The normalized spacial score (nSPS) is 28.4. The number of nitrogens with zero attached hydrogens (tertiary/aromatic N) is 1. The summed E-state index contributed by atoms with van der Waals surface area (Å²) >= 11 is 0. The molecule has 0 aromatic carbocycles. The van der Waals surface area contributed by atoms with Crippen LogP contribution < -0.4 is 5.32 Å². The zero-order valence-corrected chi connectivity index (χ0v) is 12.6. The van der Waals surface area contributed by atoms with Crippen molar-refractivity contribution in [1.82, 2.24) is 10.2 Å². The number of nitrogens with one attached hydrogen (secondary N) is 1. The molecule has 20 heavy (non-hydrogen) atoms. The largest absolute Gasteiger partial charge is 0.396 e. The highest BCUT2D eigenvalue weighted by Gasteiger charge is 2.22. The zero-order valence-electron chi connectivity index (χ0n) is 12.6. The van der Waals surface area contributed by atoms with Gasteiger partial charge in [-0.2, -0.15) is 0 Å². The molecule has 1 fully saturated rings. The van der Waals surface area contributed by atoms with Gasteiger partial charge in [0.05, 0.1) is 0 Å². The number of carbonyl (C=O) groups is 1. The molecule has 4 heteroatoms. The SMILES string of the molecule is CC(CC(=O)N1CCCCCC1)N[C@@H]1C=C[C@H](CO)C1. The Bertz CT molecular complexity index is 335. The molecule has 114 valence electrons. The Morgan fingerprint density at radius 3 is 2.60 bits per heavy atom. The monoisotopic (exact) mass is 280 g/mol. The third-order valence-electron chi connectivity index (χ3n) is 4.34. The summed E-state index contributed by atoms with van der Waals surface area (Å²) < 4.78 is 0. The highest BCUT2D eigenvalue weighted by atomic mass is 16.3. The number of likely N-dealkylation sites (tertiary alicyclic amines) is 1. The van der Waals surface area contributed by atoms with Crippen LogP contribution in [0.1, 0.15) is 45.4 Å². The highest BCUT2D eigenvalue weighted by molar-refractivity contribution is 5.76. The lowest BCUT2D eigenvalue weighted by Crippen LogP contribution is -2.40. The maximum atomic E-state index is 12.3. The van der Waals surface area contributed by atoms with Crippen LogP contribution in [0.15, 0.2) is 12.2 Å². The van der Waals surface area contributed by atoms with Gasteiger partial charge in [0.2, 0.25) is 5.91 Å². The third kappa shape index (κ3) is 4.60. The minimum Gasteiger partial charge on any atom is -0.396 e. The molecule has 1 amide bonds. The molecule has 0 aromatic rings. The summed E-state index contributed by atoms with van der Waals surface area (Å²) in [5.41, 5.74) is 0. The van der Waals surface area contributed by atoms with Crippen LogP contribution in [0.4, 0.5) is 0 Å². The first-order chi connectivity index (χ1) is 9.69. The average molecular weight is 280 g/mol. The molecular weight excluding hydrogens is 252 g/mol. The second-order valence-corrected chi connectivity index (χ2v) is 6.24. The van der Waals surface area contributed by atoms with Crippen molar-refractivity contribution in [2.45, 2.75) is 57.5 Å². The lowest BCUT2D eigenvalue weighted by Gasteiger charge is -2.24. The Morgan fingerprint density at radius 2 is 2.00 bits per heavy atom. The van der Waals surface area contributed by atoms with E-state index in [2.05, 4.69) is 24.4 Å². The number of rotatable bonds is 5. The lowest BCUT2D eigenvalue weighted by atomic mass is 10.1. The van der Waals surface area contributed by atoms with E-state index in [-0.39, 0.29) is 24.5 Å². The predicted octanol–water partition coefficient (Wildman–Crippen LogP) is 1.69. The van der Waals surface area contributed by atoms with E-state index in [4.69, 9.17) is 5.11 Å². The molecule has 0 bridgehead atoms. The van der Waals surface area contributed by atoms with Crippen LogP contribution in [0.2, 0.25) is 0 Å². The summed E-state index contributed by atoms with van der Waals surface area (Å²) in [5, 5.41) is 12.6. The van der Waals surface area contributed by atoms with Gasteiger partial charge in [-0.15, -0.1) is 0 Å². The van der Waals surface area contributed by atoms with Gasteiger partial charge in [-0.1, -0.05) is 25.0 Å². The van der Waals surface area contributed by atoms with Gasteiger partial charge in [-0.3, -0.25) is 4.79 Å². The van der Waals surface area contributed by atoms with Crippen molar-refractivity contribution in [3.05, 3.63) is 12.2 Å². The molecule has 0 spiro atoms. The molecule has 1 aliphatic carbocycles. The van der Waals surface area contributed by atoms with E-state index in [1.54, 1.807) is 0 Å². The van der Waals surface area contributed by atoms with Crippen molar-refractivity contribution < 1.29 is 9.90 Å². The fourth-order valence-electron chi connectivity index (χ4n) is 3.17. The van der Waals surface area contributed by atoms with Crippen molar-refractivity contribution in [2.75, 3.05) is 19.7 Å². The minimum atomic E-state index is 0.192. The van der Waals surface area contributed by atoms with Gasteiger partial charge in [0.15, 0.2) is 0 Å². The van der Waals surface area contributed by atoms with Crippen LogP contribution >= 0.6 is 0 Å². The average Bonchev–Trinajstić information content (AvgIpc) is 2.71. The van der Waals surface area contributed by atoms with E-state index >= 15 is 0 Å². The highest BCUT2D eigenvalue weighted by Crippen LogP contribution is 2.18. The van der Waals surface area contributed by atoms with E-state index < -0.39 is 0 Å². The van der Waals surface area contributed by atoms with Crippen molar-refractivity contribution in [3.63, 3.8) is 0 Å². The molecule has 0 saturated carbocycles. The Labute approximate surface area is 122 Å². The number of carbonyl (C=O) groups excluding carboxylic acids is 1. The summed E-state index contributed by atoms with van der Waals surface area (Å²) in [4.78, 5) is 14.3. The van der Waals surface area contributed by atoms with E-state index in [9.17, 15) is 4.79 Å². The second kappa shape index (κ2) is 7.79. The van der Waals surface area contributed by atoms with E-state index in [1.807, 2.05) is 4.90 Å². The molecule has 2 aliphatic rings. The lowest BCUT2D eigenvalue weighted by molar-refractivity contribution is -0.131. The van der Waals surface area contributed by atoms with Crippen LogP contribution in [0.25, 0.3) is 0 Å². The predicted molar refractivity (Wildman–Crippen MR) is 80.4 cm³/mol. The summed E-state index contributed by atoms with van der Waals surface area (Å²) in [6, 6.07) is 0.497. The first-order valence-electron chi connectivity index (χ1n) is 8.02. The molecule has 2 rings (SSSR count). The number of hydrogen-bond donors (Lipinski definition) is 2. The molecule has 3 atom stereocenters. The summed E-state index contributed by atoms with van der Waals surface area (Å²) in [6.45, 7) is 4.16. The van der Waals surface area contributed by atoms with E-state index in [0.717, 1.165) is 32.4 Å². The topological polar surface area (TPSA) is 52.6 Å². The summed E-state index contributed by atoms with van der Waals surface area (Å²) in [6.07, 6.45) is 10.5. The first-order valence-corrected chi connectivity index (χ1v) is 8.02. The molecular formula is C16H28N2O2. The van der Waals surface area contributed by atoms with Crippen LogP contribution in [0, 0.1) is 5.92 Å². The van der Waals surface area contributed by atoms with Gasteiger partial charge < -0.3 is 15.3 Å². The van der Waals surface area contributed by atoms with E-state index in [1.165, 1.54) is 12.8 Å². The third-order valence-corrected chi connectivity index (χ3v) is 4.34. The first kappa shape index (κ1) is 15.5. The number of amides is 1. The van der Waals surface area contributed by atoms with Crippen LogP contribution in [-0.2, 0) is 4.79 Å². The fraction of sp³-hybridized carbons (Fsp3) is 0.812. The Kier molecular flexibility index (Phi) is 6.05. The van der Waals surface area contributed by atoms with E-state index in [0.29, 0.717) is 12.5 Å². The molecule has 2 N–H and O–H groups in total. The fourth-order valence-corrected chi connectivity index (χ4v) is 3.17. The van der Waals surface area contributed by atoms with Crippen molar-refractivity contribution in [1.29, 1.82) is 0 Å². The van der Waals surface area contributed by atoms with Gasteiger partial charge in [0, 0.05) is 44.1 Å². The van der Waals surface area contributed by atoms with Gasteiger partial charge in [0.25, 0.3) is 0 Å². The van der Waals surface area contributed by atoms with Crippen LogP contribution in [-0.4, -0.2) is 47.7 Å². The maximum Gasteiger partial charge on any atom is 0.224 e. The van der Waals surface area contributed by atoms with Gasteiger partial charge >= 0.3 is 0 Å². The Hall–Kier alpha value is -0.870. The molecule has 0 radical (unpaired) electrons. The van der Waals surface area contributed by atoms with Gasteiger partial charge in [-0.25, -0.2) is 0 Å². The minimum absolute atomic E-state index is 0.192. The molecule has 1 unspecified atom stereocenters. The standard InChI is InChI=1S/C16H28N2O2/c1-13(17-15-7-6-14(11-15)12-19)10-16(20)18-8-4-2-3-5-9-18/h6-7,13-15,17,19H,2-5,8-12H2,1H3/t13?,14-,15+/m0/s1. The number of aliphatic hydroxyl groups is 1. The maximum absolute atomic E-state index is 12.3. The van der Waals surface area contributed by atoms with Gasteiger partial charge in [0.1, 0.15) is 0 Å². The molecule has 1 aliphatic heterocycles. The molecule has 1 heterocycles. The number of hydrogen-bond acceptors (Lipinski definition) is 3. The van der Waals surface area contributed by atoms with Crippen molar-refractivity contribution in [3.8, 4) is 0 Å². The smallest absolute Gasteiger partial charge is 0.224 e. The Morgan fingerprint density at radius 1 is 1.30 bits per heavy atom.